The number of nitrogens with zero attached hydrogens (tertiary/aromatic N) is 3. The highest BCUT2D eigenvalue weighted by molar-refractivity contribution is 6.30. The Labute approximate surface area is 96.8 Å². The molecule has 1 aromatic carbocycles. The summed E-state index contributed by atoms with van der Waals surface area (Å²) in [6.45, 7) is 1.78. The maximum Gasteiger partial charge on any atom is 0.149 e. The summed E-state index contributed by atoms with van der Waals surface area (Å²) in [6.07, 6.45) is 1.58. The minimum atomic E-state index is -0.412. The Hall–Kier alpha value is -1.46. The van der Waals surface area contributed by atoms with Gasteiger partial charge < -0.3 is 5.73 Å². The van der Waals surface area contributed by atoms with Crippen LogP contribution in [-0.4, -0.2) is 15.0 Å². The predicted molar refractivity (Wildman–Crippen MR) is 58.9 cm³/mol. The lowest BCUT2D eigenvalue weighted by molar-refractivity contribution is 0.607. The molecule has 1 aromatic heterocycles. The summed E-state index contributed by atoms with van der Waals surface area (Å²) in [5.74, 6) is -0.412. The first-order valence-corrected chi connectivity index (χ1v) is 5.09. The number of hydrogen-bond donors (Lipinski definition) is 1. The van der Waals surface area contributed by atoms with Crippen molar-refractivity contribution in [3.05, 3.63) is 40.9 Å². The highest BCUT2D eigenvalue weighted by Gasteiger charge is 2.10. The van der Waals surface area contributed by atoms with Gasteiger partial charge in [-0.05, 0) is 25.1 Å². The van der Waals surface area contributed by atoms with E-state index in [1.807, 2.05) is 0 Å². The largest absolute Gasteiger partial charge is 0.323 e. The fraction of sp³-hybridized carbons (Fsp3) is 0.200. The van der Waals surface area contributed by atoms with Crippen molar-refractivity contribution < 1.29 is 4.39 Å². The molecule has 0 aliphatic rings. The molecule has 0 saturated heterocycles. The van der Waals surface area contributed by atoms with Gasteiger partial charge in [0.25, 0.3) is 0 Å². The third-order valence-electron chi connectivity index (χ3n) is 2.13. The molecule has 0 bridgehead atoms. The van der Waals surface area contributed by atoms with E-state index in [1.165, 1.54) is 22.9 Å². The third-order valence-corrected chi connectivity index (χ3v) is 2.37. The maximum atomic E-state index is 13.5. The van der Waals surface area contributed by atoms with Crippen molar-refractivity contribution in [1.82, 2.24) is 15.0 Å². The zero-order valence-electron chi connectivity index (χ0n) is 8.56. The van der Waals surface area contributed by atoms with Gasteiger partial charge in [-0.25, -0.2) is 9.07 Å². The monoisotopic (exact) mass is 240 g/mol. The van der Waals surface area contributed by atoms with Gasteiger partial charge in [-0.15, -0.1) is 5.10 Å². The molecule has 0 fully saturated rings. The van der Waals surface area contributed by atoms with Gasteiger partial charge in [0, 0.05) is 11.1 Å². The van der Waals surface area contributed by atoms with E-state index in [0.717, 1.165) is 0 Å². The van der Waals surface area contributed by atoms with Crippen LogP contribution in [0.5, 0.6) is 0 Å². The van der Waals surface area contributed by atoms with E-state index in [1.54, 1.807) is 13.1 Å². The van der Waals surface area contributed by atoms with Crippen LogP contribution in [-0.2, 0) is 0 Å². The molecule has 16 heavy (non-hydrogen) atoms. The molecule has 0 radical (unpaired) electrons. The van der Waals surface area contributed by atoms with Crippen molar-refractivity contribution in [2.75, 3.05) is 0 Å². The van der Waals surface area contributed by atoms with Gasteiger partial charge in [0.1, 0.15) is 11.5 Å². The van der Waals surface area contributed by atoms with Gasteiger partial charge in [0.15, 0.2) is 0 Å². The van der Waals surface area contributed by atoms with Gasteiger partial charge >= 0.3 is 0 Å². The Balaban J connectivity index is 2.46. The van der Waals surface area contributed by atoms with E-state index >= 15 is 0 Å². The molecule has 1 unspecified atom stereocenters. The second-order valence-corrected chi connectivity index (χ2v) is 3.91. The van der Waals surface area contributed by atoms with E-state index in [-0.39, 0.29) is 11.7 Å². The number of rotatable bonds is 2. The van der Waals surface area contributed by atoms with Crippen LogP contribution in [0.4, 0.5) is 4.39 Å². The second-order valence-electron chi connectivity index (χ2n) is 3.47. The van der Waals surface area contributed by atoms with Crippen LogP contribution >= 0.6 is 11.6 Å². The maximum absolute atomic E-state index is 13.5. The Kier molecular flexibility index (Phi) is 2.89. The molecular weight excluding hydrogens is 231 g/mol. The summed E-state index contributed by atoms with van der Waals surface area (Å²) < 4.78 is 14.8. The molecule has 2 aromatic rings. The standard InChI is InChI=1S/C10H10ClFN4/c1-6(13)9-5-16(15-14-9)10-4-7(11)2-3-8(10)12/h2-6H,13H2,1H3. The molecule has 2 rings (SSSR count). The predicted octanol–water partition coefficient (Wildman–Crippen LogP) is 2.08. The van der Waals surface area contributed by atoms with E-state index in [2.05, 4.69) is 10.3 Å². The summed E-state index contributed by atoms with van der Waals surface area (Å²) >= 11 is 5.78. The minimum Gasteiger partial charge on any atom is -0.323 e. The van der Waals surface area contributed by atoms with Gasteiger partial charge in [0.2, 0.25) is 0 Å². The van der Waals surface area contributed by atoms with Gasteiger partial charge in [-0.3, -0.25) is 0 Å². The molecule has 4 nitrogen and oxygen atoms in total. The first-order chi connectivity index (χ1) is 7.58. The third kappa shape index (κ3) is 2.05. The number of nitrogens with two attached hydrogens (primary N) is 1. The normalized spacial score (nSPS) is 12.8. The van der Waals surface area contributed by atoms with Crippen LogP contribution in [0.25, 0.3) is 5.69 Å². The number of benzene rings is 1. The summed E-state index contributed by atoms with van der Waals surface area (Å²) in [7, 11) is 0. The minimum absolute atomic E-state index is 0.240. The lowest BCUT2D eigenvalue weighted by Gasteiger charge is -2.02. The van der Waals surface area contributed by atoms with E-state index in [0.29, 0.717) is 10.7 Å². The number of hydrogen-bond acceptors (Lipinski definition) is 3. The van der Waals surface area contributed by atoms with E-state index in [9.17, 15) is 4.39 Å². The first kappa shape index (κ1) is 11.0. The average Bonchev–Trinajstić information content (AvgIpc) is 2.70. The summed E-state index contributed by atoms with van der Waals surface area (Å²) in [6, 6.07) is 4.00. The Morgan fingerprint density at radius 3 is 2.88 bits per heavy atom. The van der Waals surface area contributed by atoms with Crippen molar-refractivity contribution in [2.24, 2.45) is 5.73 Å². The lowest BCUT2D eigenvalue weighted by Crippen LogP contribution is -2.05. The molecule has 0 aliphatic heterocycles. The Morgan fingerprint density at radius 2 is 2.25 bits per heavy atom. The molecule has 6 heteroatoms. The van der Waals surface area contributed by atoms with Crippen LogP contribution in [0.15, 0.2) is 24.4 Å². The first-order valence-electron chi connectivity index (χ1n) is 4.71. The second kappa shape index (κ2) is 4.19. The molecule has 1 atom stereocenters. The molecule has 0 spiro atoms. The van der Waals surface area contributed by atoms with Crippen LogP contribution in [0.2, 0.25) is 5.02 Å². The smallest absolute Gasteiger partial charge is 0.149 e. The van der Waals surface area contributed by atoms with Crippen molar-refractivity contribution in [3.63, 3.8) is 0 Å². The average molecular weight is 241 g/mol. The molecule has 1 heterocycles. The fourth-order valence-corrected chi connectivity index (χ4v) is 1.43. The van der Waals surface area contributed by atoms with Crippen LogP contribution in [0.1, 0.15) is 18.7 Å². The molecule has 2 N–H and O–H groups in total. The Bertz CT molecular complexity index is 509. The molecular formula is C10H10ClFN4. The quantitative estimate of drug-likeness (QED) is 0.874. The molecule has 0 amide bonds. The number of halogens is 2. The number of aromatic nitrogens is 3. The van der Waals surface area contributed by atoms with Gasteiger partial charge in [0.05, 0.1) is 11.9 Å². The topological polar surface area (TPSA) is 56.7 Å². The molecule has 0 saturated carbocycles. The zero-order valence-corrected chi connectivity index (χ0v) is 9.32. The lowest BCUT2D eigenvalue weighted by atomic mass is 10.3. The van der Waals surface area contributed by atoms with E-state index < -0.39 is 5.82 Å². The fourth-order valence-electron chi connectivity index (χ4n) is 1.26. The zero-order chi connectivity index (χ0) is 11.7. The van der Waals surface area contributed by atoms with Crippen LogP contribution in [0.3, 0.4) is 0 Å². The van der Waals surface area contributed by atoms with Crippen molar-refractivity contribution >= 4 is 11.6 Å². The van der Waals surface area contributed by atoms with Crippen molar-refractivity contribution in [2.45, 2.75) is 13.0 Å². The highest BCUT2D eigenvalue weighted by atomic mass is 35.5. The molecule has 0 aliphatic carbocycles. The van der Waals surface area contributed by atoms with E-state index in [4.69, 9.17) is 17.3 Å². The van der Waals surface area contributed by atoms with Gasteiger partial charge in [-0.2, -0.15) is 0 Å². The Morgan fingerprint density at radius 1 is 1.50 bits per heavy atom. The highest BCUT2D eigenvalue weighted by Crippen LogP contribution is 2.18. The van der Waals surface area contributed by atoms with Crippen LogP contribution in [0, 0.1) is 5.82 Å². The SMILES string of the molecule is CC(N)c1cn(-c2cc(Cl)ccc2F)nn1. The van der Waals surface area contributed by atoms with Crippen molar-refractivity contribution in [3.8, 4) is 5.69 Å². The summed E-state index contributed by atoms with van der Waals surface area (Å²) in [5.41, 5.74) is 6.49. The van der Waals surface area contributed by atoms with Gasteiger partial charge in [-0.1, -0.05) is 16.8 Å². The summed E-state index contributed by atoms with van der Waals surface area (Å²) in [5, 5.41) is 8.08. The van der Waals surface area contributed by atoms with Crippen LogP contribution < -0.4 is 5.73 Å². The summed E-state index contributed by atoms with van der Waals surface area (Å²) in [4.78, 5) is 0. The van der Waals surface area contributed by atoms with Crippen molar-refractivity contribution in [1.29, 1.82) is 0 Å². The molecule has 84 valence electrons.